The largest absolute Gasteiger partial charge is 0.481 e. The number of likely N-dealkylation sites (N-methyl/N-ethyl adjacent to an activating group) is 1. The van der Waals surface area contributed by atoms with Gasteiger partial charge in [-0.2, -0.15) is 0 Å². The minimum atomic E-state index is -1.09. The Morgan fingerprint density at radius 2 is 1.69 bits per heavy atom. The van der Waals surface area contributed by atoms with E-state index in [4.69, 9.17) is 0 Å². The fraction of sp³-hybridized carbons (Fsp3) is 0.711. The molecule has 58 heavy (non-hydrogen) atoms. The lowest BCUT2D eigenvalue weighted by molar-refractivity contribution is -0.147. The zero-order chi connectivity index (χ0) is 43.2. The molecule has 2 heterocycles. The molecule has 0 aliphatic carbocycles. The highest BCUT2D eigenvalue weighted by molar-refractivity contribution is 7.09. The first-order valence-corrected chi connectivity index (χ1v) is 22.6. The van der Waals surface area contributed by atoms with Crippen molar-refractivity contribution in [1.82, 2.24) is 25.4 Å². The number of unbranched alkanes of at least 4 members (excludes halogenated alkanes) is 3. The van der Waals surface area contributed by atoms with E-state index in [1.165, 1.54) is 11.3 Å². The quantitative estimate of drug-likeness (QED) is 0.0668. The van der Waals surface area contributed by atoms with Crippen molar-refractivity contribution in [1.29, 1.82) is 0 Å². The number of thiazole rings is 1. The van der Waals surface area contributed by atoms with Gasteiger partial charge in [0, 0.05) is 42.2 Å². The lowest BCUT2D eigenvalue weighted by atomic mass is 9.84. The number of benzene rings is 1. The number of aromatic nitrogens is 1. The van der Waals surface area contributed by atoms with Crippen LogP contribution in [0.4, 0.5) is 5.69 Å². The predicted molar refractivity (Wildman–Crippen MR) is 234 cm³/mol. The van der Waals surface area contributed by atoms with Crippen LogP contribution in [0.5, 0.6) is 0 Å². The average molecular weight is 827 g/mol. The number of hydrogen-bond donors (Lipinski definition) is 5. The van der Waals surface area contributed by atoms with Crippen LogP contribution >= 0.6 is 11.3 Å². The average Bonchev–Trinajstić information content (AvgIpc) is 3.67. The third kappa shape index (κ3) is 14.6. The fourth-order valence-electron chi connectivity index (χ4n) is 7.79. The first-order valence-electron chi connectivity index (χ1n) is 21.7. The number of anilines is 1. The van der Waals surface area contributed by atoms with E-state index in [0.29, 0.717) is 18.0 Å². The summed E-state index contributed by atoms with van der Waals surface area (Å²) in [5.41, 5.74) is 0.997. The zero-order valence-corrected chi connectivity index (χ0v) is 37.8. The summed E-state index contributed by atoms with van der Waals surface area (Å²) < 4.78 is 0. The number of amides is 3. The molecule has 13 heteroatoms. The van der Waals surface area contributed by atoms with Gasteiger partial charge in [-0.25, -0.2) is 4.98 Å². The molecule has 5 N–H and O–H groups in total. The number of carbonyl (C=O) groups excluding carboxylic acids is 3. The SMILES string of the molecule is CCCCCCN(C(=O)[C@@H](NC(=O)[C@H]1CCCCN1C)[C@@H](C)CC)[C@H](C[C@@H](O)c1nc(C(=O)N[C@@H](Cc2ccc(NC(C)C)cc2)CC(C)(C)C(=O)O)cs1)C(C)C. The number of nitrogens with zero attached hydrogens (tertiary/aromatic N) is 3. The molecule has 0 saturated carbocycles. The van der Waals surface area contributed by atoms with Crippen molar-refractivity contribution in [3.05, 3.63) is 45.9 Å². The Labute approximate surface area is 352 Å². The van der Waals surface area contributed by atoms with Crippen molar-refractivity contribution in [2.45, 2.75) is 169 Å². The second-order valence-corrected chi connectivity index (χ2v) is 18.7. The summed E-state index contributed by atoms with van der Waals surface area (Å²) in [7, 11) is 1.97. The van der Waals surface area contributed by atoms with Crippen LogP contribution < -0.4 is 16.0 Å². The highest BCUT2D eigenvalue weighted by Gasteiger charge is 2.38. The fourth-order valence-corrected chi connectivity index (χ4v) is 8.59. The Balaban J connectivity index is 1.83. The molecule has 0 radical (unpaired) electrons. The molecule has 1 saturated heterocycles. The molecule has 1 aliphatic rings. The van der Waals surface area contributed by atoms with Crippen molar-refractivity contribution in [2.75, 3.05) is 25.5 Å². The van der Waals surface area contributed by atoms with Crippen LogP contribution in [0.15, 0.2) is 29.6 Å². The van der Waals surface area contributed by atoms with Gasteiger partial charge in [-0.05, 0) is 103 Å². The highest BCUT2D eigenvalue weighted by Crippen LogP contribution is 2.30. The number of piperidine rings is 1. The summed E-state index contributed by atoms with van der Waals surface area (Å²) in [5, 5.41) is 33.2. The standard InChI is InChI=1S/C45H74N6O6S/c1-11-13-14-16-24-51(43(55)39(31(7)12-2)49-41(54)36-18-15-17-23-50(36)10)37(29(3)4)26-38(52)42-48-35(28-58-42)40(53)47-34(27-45(8,9)44(56)57)25-32-19-21-33(22-20-32)46-30(5)6/h19-22,28-31,34,36-39,46,52H,11-18,23-27H2,1-10H3,(H,47,53)(H,49,54)(H,56,57)/t31-,34-,36+,37+,38+,39-/m0/s1. The third-order valence-corrected chi connectivity index (χ3v) is 12.6. The van der Waals surface area contributed by atoms with E-state index in [9.17, 15) is 29.4 Å². The molecule has 3 amide bonds. The summed E-state index contributed by atoms with van der Waals surface area (Å²) in [6.07, 6.45) is 7.22. The first kappa shape index (κ1) is 48.8. The van der Waals surface area contributed by atoms with Crippen LogP contribution in [0.25, 0.3) is 0 Å². The number of carboxylic acid groups (broad SMARTS) is 1. The summed E-state index contributed by atoms with van der Waals surface area (Å²) in [6.45, 7) is 19.1. The van der Waals surface area contributed by atoms with Crippen molar-refractivity contribution in [2.24, 2.45) is 17.3 Å². The number of likely N-dealkylation sites (tertiary alicyclic amines) is 1. The molecule has 1 aliphatic heterocycles. The summed E-state index contributed by atoms with van der Waals surface area (Å²) in [5.74, 6) is -1.72. The van der Waals surface area contributed by atoms with Gasteiger partial charge in [-0.1, -0.05) is 78.9 Å². The van der Waals surface area contributed by atoms with E-state index < -0.39 is 35.5 Å². The molecule has 0 bridgehead atoms. The van der Waals surface area contributed by atoms with Crippen molar-refractivity contribution >= 4 is 40.7 Å². The lowest BCUT2D eigenvalue weighted by Crippen LogP contribution is -2.58. The Morgan fingerprint density at radius 3 is 2.28 bits per heavy atom. The molecule has 1 aromatic heterocycles. The Morgan fingerprint density at radius 1 is 1.00 bits per heavy atom. The smallest absolute Gasteiger partial charge is 0.309 e. The number of aliphatic hydroxyl groups excluding tert-OH is 1. The summed E-state index contributed by atoms with van der Waals surface area (Å²) >= 11 is 1.19. The van der Waals surface area contributed by atoms with Gasteiger partial charge in [-0.15, -0.1) is 11.3 Å². The van der Waals surface area contributed by atoms with Gasteiger partial charge in [0.25, 0.3) is 5.91 Å². The topological polar surface area (TPSA) is 164 Å². The number of hydrogen-bond acceptors (Lipinski definition) is 9. The van der Waals surface area contributed by atoms with Gasteiger partial charge in [0.15, 0.2) is 0 Å². The second-order valence-electron chi connectivity index (χ2n) is 17.9. The molecule has 0 unspecified atom stereocenters. The molecule has 2 aromatic rings. The normalized spacial score (nSPS) is 17.6. The van der Waals surface area contributed by atoms with Crippen LogP contribution in [0, 0.1) is 17.3 Å². The minimum absolute atomic E-state index is 0.0150. The van der Waals surface area contributed by atoms with E-state index in [0.717, 1.165) is 69.2 Å². The lowest BCUT2D eigenvalue weighted by Gasteiger charge is -2.40. The maximum absolute atomic E-state index is 14.7. The zero-order valence-electron chi connectivity index (χ0n) is 37.0. The van der Waals surface area contributed by atoms with Gasteiger partial charge < -0.3 is 31.1 Å². The van der Waals surface area contributed by atoms with Gasteiger partial charge in [0.1, 0.15) is 22.8 Å². The Bertz CT molecular complexity index is 1600. The summed E-state index contributed by atoms with van der Waals surface area (Å²) in [6, 6.07) is 6.39. The van der Waals surface area contributed by atoms with Gasteiger partial charge in [0.05, 0.1) is 11.5 Å². The van der Waals surface area contributed by atoms with Crippen molar-refractivity contribution < 1.29 is 29.4 Å². The van der Waals surface area contributed by atoms with Crippen molar-refractivity contribution in [3.8, 4) is 0 Å². The van der Waals surface area contributed by atoms with Crippen LogP contribution in [-0.2, 0) is 20.8 Å². The van der Waals surface area contributed by atoms with E-state index in [2.05, 4.69) is 46.6 Å². The number of carboxylic acids is 1. The summed E-state index contributed by atoms with van der Waals surface area (Å²) in [4.78, 5) is 62.7. The molecule has 326 valence electrons. The van der Waals surface area contributed by atoms with E-state index in [-0.39, 0.29) is 60.3 Å². The molecule has 12 nitrogen and oxygen atoms in total. The number of aliphatic carboxylic acids is 1. The Hall–Kier alpha value is -3.55. The van der Waals surface area contributed by atoms with E-state index in [1.54, 1.807) is 19.2 Å². The van der Waals surface area contributed by atoms with Crippen LogP contribution in [-0.4, -0.2) is 99.0 Å². The van der Waals surface area contributed by atoms with Crippen LogP contribution in [0.3, 0.4) is 0 Å². The monoisotopic (exact) mass is 827 g/mol. The third-order valence-electron chi connectivity index (χ3n) is 11.6. The Kier molecular flexibility index (Phi) is 19.6. The molecule has 6 atom stereocenters. The number of nitrogens with one attached hydrogen (secondary N) is 3. The van der Waals surface area contributed by atoms with Crippen molar-refractivity contribution in [3.63, 3.8) is 0 Å². The van der Waals surface area contributed by atoms with Gasteiger partial charge in [0.2, 0.25) is 11.8 Å². The molecule has 3 rings (SSSR count). The molecular formula is C45H74N6O6S. The van der Waals surface area contributed by atoms with E-state index in [1.807, 2.05) is 63.9 Å². The van der Waals surface area contributed by atoms with Gasteiger partial charge in [-0.3, -0.25) is 24.1 Å². The number of carbonyl (C=O) groups is 4. The minimum Gasteiger partial charge on any atom is -0.481 e. The second kappa shape index (κ2) is 23.3. The number of rotatable bonds is 24. The van der Waals surface area contributed by atoms with Crippen LogP contribution in [0.2, 0.25) is 0 Å². The molecule has 1 aromatic carbocycles. The maximum atomic E-state index is 14.7. The van der Waals surface area contributed by atoms with Crippen LogP contribution in [0.1, 0.15) is 154 Å². The van der Waals surface area contributed by atoms with E-state index >= 15 is 0 Å². The van der Waals surface area contributed by atoms with Gasteiger partial charge >= 0.3 is 5.97 Å². The number of aliphatic hydroxyl groups is 1. The maximum Gasteiger partial charge on any atom is 0.309 e. The highest BCUT2D eigenvalue weighted by atomic mass is 32.1. The molecule has 0 spiro atoms. The predicted octanol–water partition coefficient (Wildman–Crippen LogP) is 7.68. The molecule has 1 fully saturated rings. The molecular weight excluding hydrogens is 753 g/mol. The first-order chi connectivity index (χ1) is 27.4.